The average molecular weight is 410 g/mol. The number of H-pyrrole nitrogens is 1. The smallest absolute Gasteiger partial charge is 0.150 e. The summed E-state index contributed by atoms with van der Waals surface area (Å²) < 4.78 is 19.7. The van der Waals surface area contributed by atoms with Crippen LogP contribution < -0.4 is 0 Å². The molecular formula is C24H28FN3O2. The highest BCUT2D eigenvalue weighted by molar-refractivity contribution is 5.93. The van der Waals surface area contributed by atoms with Gasteiger partial charge in [0.2, 0.25) is 0 Å². The first-order chi connectivity index (χ1) is 14.4. The van der Waals surface area contributed by atoms with Crippen molar-refractivity contribution in [2.24, 2.45) is 11.8 Å². The molecule has 0 radical (unpaired) electrons. The van der Waals surface area contributed by atoms with Crippen LogP contribution in [0.3, 0.4) is 0 Å². The number of halogens is 1. The van der Waals surface area contributed by atoms with Gasteiger partial charge in [0, 0.05) is 37.3 Å². The van der Waals surface area contributed by atoms with Crippen LogP contribution in [-0.2, 0) is 10.3 Å². The summed E-state index contributed by atoms with van der Waals surface area (Å²) >= 11 is 0. The second kappa shape index (κ2) is 7.15. The van der Waals surface area contributed by atoms with Crippen LogP contribution in [0.25, 0.3) is 22.2 Å². The van der Waals surface area contributed by atoms with E-state index in [0.29, 0.717) is 17.1 Å². The maximum Gasteiger partial charge on any atom is 0.150 e. The zero-order valence-corrected chi connectivity index (χ0v) is 17.7. The number of aryl methyl sites for hydroxylation is 1. The van der Waals surface area contributed by atoms with Gasteiger partial charge >= 0.3 is 0 Å². The molecule has 6 heteroatoms. The van der Waals surface area contributed by atoms with Crippen LogP contribution in [0.15, 0.2) is 36.7 Å². The Kier molecular flexibility index (Phi) is 4.69. The Morgan fingerprint density at radius 1 is 1.20 bits per heavy atom. The fraction of sp³-hybridized carbons (Fsp3) is 0.458. The Bertz CT molecular complexity index is 1080. The molecule has 2 aromatic heterocycles. The first kappa shape index (κ1) is 19.7. The minimum atomic E-state index is -0.892. The molecule has 3 atom stereocenters. The number of pyridine rings is 1. The number of ether oxygens (including phenoxy) is 1. The van der Waals surface area contributed by atoms with E-state index in [0.717, 1.165) is 48.6 Å². The highest BCUT2D eigenvalue weighted by Crippen LogP contribution is 2.44. The standard InChI is InChI=1S/C24H28FN3O2/c1-14-8-17(19-6-7-26-23-22(19)21(25)9-27-23)4-5-20(14)24(29)15(2)10-28(11-16(24)3)18-12-30-13-18/h4-9,15-16,18,29H,10-13H2,1-3H3,(H,26,27)/t15-,16+,24?. The maximum atomic E-state index is 14.3. The highest BCUT2D eigenvalue weighted by atomic mass is 19.1. The monoisotopic (exact) mass is 409 g/mol. The van der Waals surface area contributed by atoms with Gasteiger partial charge in [-0.3, -0.25) is 4.90 Å². The number of nitrogens with one attached hydrogen (secondary N) is 1. The number of likely N-dealkylation sites (tertiary alicyclic amines) is 1. The van der Waals surface area contributed by atoms with Gasteiger partial charge in [-0.1, -0.05) is 32.0 Å². The molecule has 1 unspecified atom stereocenters. The van der Waals surface area contributed by atoms with Crippen LogP contribution in [0, 0.1) is 24.6 Å². The fourth-order valence-electron chi connectivity index (χ4n) is 5.34. The van der Waals surface area contributed by atoms with E-state index in [9.17, 15) is 9.50 Å². The molecule has 0 spiro atoms. The molecule has 2 fully saturated rings. The molecule has 2 N–H and O–H groups in total. The zero-order chi connectivity index (χ0) is 21.0. The summed E-state index contributed by atoms with van der Waals surface area (Å²) in [5, 5.41) is 12.4. The third kappa shape index (κ3) is 2.89. The van der Waals surface area contributed by atoms with E-state index in [2.05, 4.69) is 34.8 Å². The molecule has 2 aliphatic rings. The predicted octanol–water partition coefficient (Wildman–Crippen LogP) is 3.85. The molecule has 0 amide bonds. The van der Waals surface area contributed by atoms with E-state index in [1.807, 2.05) is 25.1 Å². The third-order valence-corrected chi connectivity index (χ3v) is 7.15. The van der Waals surface area contributed by atoms with Gasteiger partial charge in [0.25, 0.3) is 0 Å². The summed E-state index contributed by atoms with van der Waals surface area (Å²) in [5.41, 5.74) is 3.37. The van der Waals surface area contributed by atoms with Crippen LogP contribution >= 0.6 is 0 Å². The van der Waals surface area contributed by atoms with Crippen molar-refractivity contribution in [2.45, 2.75) is 32.4 Å². The predicted molar refractivity (Wildman–Crippen MR) is 115 cm³/mol. The lowest BCUT2D eigenvalue weighted by molar-refractivity contribution is -0.151. The molecule has 2 aliphatic heterocycles. The van der Waals surface area contributed by atoms with Gasteiger partial charge in [-0.15, -0.1) is 0 Å². The van der Waals surface area contributed by atoms with Crippen molar-refractivity contribution >= 4 is 11.0 Å². The quantitative estimate of drug-likeness (QED) is 0.690. The van der Waals surface area contributed by atoms with E-state index in [4.69, 9.17) is 4.74 Å². The molecule has 5 nitrogen and oxygen atoms in total. The largest absolute Gasteiger partial charge is 0.384 e. The maximum absolute atomic E-state index is 14.3. The summed E-state index contributed by atoms with van der Waals surface area (Å²) in [6.45, 7) is 9.61. The minimum Gasteiger partial charge on any atom is -0.384 e. The number of aliphatic hydroxyl groups is 1. The van der Waals surface area contributed by atoms with Crippen molar-refractivity contribution < 1.29 is 14.2 Å². The Hall–Kier alpha value is -2.28. The van der Waals surface area contributed by atoms with Crippen LogP contribution in [0.2, 0.25) is 0 Å². The Morgan fingerprint density at radius 2 is 1.93 bits per heavy atom. The lowest BCUT2D eigenvalue weighted by atomic mass is 9.69. The number of rotatable bonds is 3. The molecular weight excluding hydrogens is 381 g/mol. The number of hydrogen-bond donors (Lipinski definition) is 2. The molecule has 1 aromatic carbocycles. The lowest BCUT2D eigenvalue weighted by Crippen LogP contribution is -2.60. The molecule has 3 aromatic rings. The van der Waals surface area contributed by atoms with E-state index in [1.54, 1.807) is 6.20 Å². The van der Waals surface area contributed by atoms with Gasteiger partial charge < -0.3 is 14.8 Å². The number of benzene rings is 1. The van der Waals surface area contributed by atoms with Gasteiger partial charge in [0.15, 0.2) is 5.82 Å². The first-order valence-electron chi connectivity index (χ1n) is 10.7. The number of aromatic amines is 1. The molecule has 0 bridgehead atoms. The number of hydrogen-bond acceptors (Lipinski definition) is 4. The summed E-state index contributed by atoms with van der Waals surface area (Å²) in [5.74, 6) is -0.106. The minimum absolute atomic E-state index is 0.0983. The molecule has 0 aliphatic carbocycles. The second-order valence-electron chi connectivity index (χ2n) is 9.02. The van der Waals surface area contributed by atoms with E-state index in [1.165, 1.54) is 6.20 Å². The fourth-order valence-corrected chi connectivity index (χ4v) is 5.34. The van der Waals surface area contributed by atoms with E-state index in [-0.39, 0.29) is 17.7 Å². The second-order valence-corrected chi connectivity index (χ2v) is 9.02. The molecule has 0 saturated carbocycles. The molecule has 5 rings (SSSR count). The van der Waals surface area contributed by atoms with Gasteiger partial charge in [0.1, 0.15) is 5.65 Å². The van der Waals surface area contributed by atoms with Crippen molar-refractivity contribution in [3.8, 4) is 11.1 Å². The third-order valence-electron chi connectivity index (χ3n) is 7.15. The van der Waals surface area contributed by atoms with Crippen molar-refractivity contribution in [1.82, 2.24) is 14.9 Å². The van der Waals surface area contributed by atoms with E-state index < -0.39 is 5.60 Å². The van der Waals surface area contributed by atoms with Crippen LogP contribution in [0.4, 0.5) is 4.39 Å². The topological polar surface area (TPSA) is 61.4 Å². The molecule has 2 saturated heterocycles. The van der Waals surface area contributed by atoms with Crippen LogP contribution in [0.5, 0.6) is 0 Å². The van der Waals surface area contributed by atoms with Crippen molar-refractivity contribution in [3.63, 3.8) is 0 Å². The van der Waals surface area contributed by atoms with Crippen molar-refractivity contribution in [1.29, 1.82) is 0 Å². The zero-order valence-electron chi connectivity index (χ0n) is 17.7. The summed E-state index contributed by atoms with van der Waals surface area (Å²) in [6.07, 6.45) is 3.03. The molecule has 30 heavy (non-hydrogen) atoms. The van der Waals surface area contributed by atoms with Crippen molar-refractivity contribution in [2.75, 3.05) is 26.3 Å². The normalized spacial score (nSPS) is 28.0. The molecule has 158 valence electrons. The number of piperidine rings is 1. The Balaban J connectivity index is 1.51. The van der Waals surface area contributed by atoms with Crippen molar-refractivity contribution in [3.05, 3.63) is 53.6 Å². The van der Waals surface area contributed by atoms with Gasteiger partial charge in [-0.2, -0.15) is 0 Å². The van der Waals surface area contributed by atoms with Crippen LogP contribution in [-0.4, -0.2) is 52.3 Å². The molecule has 4 heterocycles. The van der Waals surface area contributed by atoms with Gasteiger partial charge in [0.05, 0.1) is 30.2 Å². The Labute approximate surface area is 175 Å². The summed E-state index contributed by atoms with van der Waals surface area (Å²) in [6, 6.07) is 8.39. The lowest BCUT2D eigenvalue weighted by Gasteiger charge is -2.52. The highest BCUT2D eigenvalue weighted by Gasteiger charge is 2.48. The summed E-state index contributed by atoms with van der Waals surface area (Å²) in [7, 11) is 0. The SMILES string of the molecule is Cc1cc(-c2ccnc3[nH]cc(F)c23)ccc1C1(O)[C@H](C)CN(C2COC2)C[C@@H]1C. The number of nitrogens with zero attached hydrogens (tertiary/aromatic N) is 2. The van der Waals surface area contributed by atoms with Gasteiger partial charge in [-0.05, 0) is 35.2 Å². The first-order valence-corrected chi connectivity index (χ1v) is 10.7. The van der Waals surface area contributed by atoms with Crippen LogP contribution in [0.1, 0.15) is 25.0 Å². The Morgan fingerprint density at radius 3 is 2.57 bits per heavy atom. The summed E-state index contributed by atoms with van der Waals surface area (Å²) in [4.78, 5) is 9.55. The number of aromatic nitrogens is 2. The van der Waals surface area contributed by atoms with Gasteiger partial charge in [-0.25, -0.2) is 9.37 Å². The number of fused-ring (bicyclic) bond motifs is 1. The van der Waals surface area contributed by atoms with E-state index >= 15 is 0 Å². The average Bonchev–Trinajstić information content (AvgIpc) is 3.06.